The minimum absolute atomic E-state index is 0.0208. The van der Waals surface area contributed by atoms with Crippen LogP contribution in [0.1, 0.15) is 5.56 Å². The Bertz CT molecular complexity index is 334. The fraction of sp³-hybridized carbons (Fsp3) is 0. The number of hydrogen-bond acceptors (Lipinski definition) is 4. The number of nitriles is 1. The van der Waals surface area contributed by atoms with Gasteiger partial charge < -0.3 is 5.73 Å². The zero-order chi connectivity index (χ0) is 7.56. The molecule has 0 aliphatic carbocycles. The zero-order valence-corrected chi connectivity index (χ0v) is 4.96. The van der Waals surface area contributed by atoms with E-state index in [0.29, 0.717) is 0 Å². The van der Waals surface area contributed by atoms with Crippen LogP contribution in [0.5, 0.6) is 0 Å². The molecule has 0 radical (unpaired) electrons. The third-order valence-corrected chi connectivity index (χ3v) is 0.944. The lowest BCUT2D eigenvalue weighted by atomic mass is 10.3. The number of aromatic nitrogens is 2. The number of rotatable bonds is 0. The predicted molar refractivity (Wildman–Crippen MR) is 34.0 cm³/mol. The van der Waals surface area contributed by atoms with Crippen LogP contribution in [0.25, 0.3) is 0 Å². The highest BCUT2D eigenvalue weighted by molar-refractivity contribution is 5.35. The monoisotopic (exact) mass is 136 g/mol. The molecule has 0 aliphatic rings. The zero-order valence-electron chi connectivity index (χ0n) is 4.96. The molecule has 1 heterocycles. The van der Waals surface area contributed by atoms with Crippen LogP contribution in [0.4, 0.5) is 5.82 Å². The van der Waals surface area contributed by atoms with E-state index < -0.39 is 5.56 Å². The molecule has 0 bridgehead atoms. The van der Waals surface area contributed by atoms with Crippen LogP contribution in [-0.2, 0) is 0 Å². The third kappa shape index (κ3) is 0.951. The van der Waals surface area contributed by atoms with Gasteiger partial charge in [-0.1, -0.05) is 0 Å². The number of anilines is 1. The minimum atomic E-state index is -0.517. The van der Waals surface area contributed by atoms with Crippen LogP contribution in [0.3, 0.4) is 0 Å². The second-order valence-corrected chi connectivity index (χ2v) is 1.65. The molecule has 0 saturated carbocycles. The summed E-state index contributed by atoms with van der Waals surface area (Å²) in [5.74, 6) is 0.135. The molecule has 10 heavy (non-hydrogen) atoms. The smallest absolute Gasteiger partial charge is 0.282 e. The van der Waals surface area contributed by atoms with Crippen molar-refractivity contribution in [1.82, 2.24) is 10.2 Å². The number of aromatic amines is 1. The Hall–Kier alpha value is -1.83. The molecule has 1 aromatic rings. The Morgan fingerprint density at radius 2 is 2.50 bits per heavy atom. The molecule has 1 rings (SSSR count). The van der Waals surface area contributed by atoms with E-state index in [1.54, 1.807) is 6.07 Å². The first-order valence-electron chi connectivity index (χ1n) is 2.49. The molecular weight excluding hydrogens is 132 g/mol. The summed E-state index contributed by atoms with van der Waals surface area (Å²) in [6, 6.07) is 2.89. The highest BCUT2D eigenvalue weighted by Gasteiger charge is 1.96. The highest BCUT2D eigenvalue weighted by atomic mass is 16.1. The lowest BCUT2D eigenvalue weighted by molar-refractivity contribution is 0.991. The summed E-state index contributed by atoms with van der Waals surface area (Å²) in [7, 11) is 0. The van der Waals surface area contributed by atoms with Crippen LogP contribution >= 0.6 is 0 Å². The van der Waals surface area contributed by atoms with Crippen molar-refractivity contribution in [2.75, 3.05) is 5.73 Å². The van der Waals surface area contributed by atoms with Crippen LogP contribution < -0.4 is 11.3 Å². The predicted octanol–water partition coefficient (Wildman–Crippen LogP) is -0.776. The van der Waals surface area contributed by atoms with Gasteiger partial charge in [-0.25, -0.2) is 5.10 Å². The first-order chi connectivity index (χ1) is 4.74. The van der Waals surface area contributed by atoms with E-state index in [0.717, 1.165) is 0 Å². The van der Waals surface area contributed by atoms with Crippen LogP contribution in [0, 0.1) is 11.3 Å². The first-order valence-corrected chi connectivity index (χ1v) is 2.49. The number of nitrogens with two attached hydrogens (primary N) is 1. The molecule has 0 fully saturated rings. The minimum Gasteiger partial charge on any atom is -0.382 e. The number of nitrogens with one attached hydrogen (secondary N) is 1. The van der Waals surface area contributed by atoms with E-state index >= 15 is 0 Å². The Balaban J connectivity index is 3.40. The van der Waals surface area contributed by atoms with Crippen molar-refractivity contribution in [1.29, 1.82) is 5.26 Å². The number of hydrogen-bond donors (Lipinski definition) is 2. The quantitative estimate of drug-likeness (QED) is 0.489. The maximum atomic E-state index is 10.6. The normalized spacial score (nSPS) is 8.70. The van der Waals surface area contributed by atoms with Gasteiger partial charge in [0.05, 0.1) is 0 Å². The van der Waals surface area contributed by atoms with E-state index in [1.807, 2.05) is 0 Å². The van der Waals surface area contributed by atoms with Gasteiger partial charge in [0.2, 0.25) is 0 Å². The van der Waals surface area contributed by atoms with Crippen molar-refractivity contribution in [2.45, 2.75) is 0 Å². The number of nitrogen functional groups attached to an aromatic ring is 1. The summed E-state index contributed by atoms with van der Waals surface area (Å²) in [5, 5.41) is 13.7. The van der Waals surface area contributed by atoms with Crippen LogP contribution in [0.2, 0.25) is 0 Å². The van der Waals surface area contributed by atoms with Gasteiger partial charge in [-0.2, -0.15) is 10.4 Å². The number of H-pyrrole nitrogens is 1. The average molecular weight is 136 g/mol. The Morgan fingerprint density at radius 1 is 1.80 bits per heavy atom. The summed E-state index contributed by atoms with van der Waals surface area (Å²) in [4.78, 5) is 10.6. The van der Waals surface area contributed by atoms with Gasteiger partial charge >= 0.3 is 0 Å². The largest absolute Gasteiger partial charge is 0.382 e. The van der Waals surface area contributed by atoms with Crippen molar-refractivity contribution in [3.63, 3.8) is 0 Å². The van der Waals surface area contributed by atoms with Gasteiger partial charge in [-0.15, -0.1) is 0 Å². The Labute approximate surface area is 56.1 Å². The summed E-state index contributed by atoms with van der Waals surface area (Å²) in [6.07, 6.45) is 0. The molecular formula is C5H4N4O. The van der Waals surface area contributed by atoms with Crippen molar-refractivity contribution >= 4 is 5.82 Å². The molecule has 50 valence electrons. The van der Waals surface area contributed by atoms with Gasteiger partial charge in [-0.3, -0.25) is 4.79 Å². The summed E-state index contributed by atoms with van der Waals surface area (Å²) < 4.78 is 0. The van der Waals surface area contributed by atoms with Crippen molar-refractivity contribution in [3.05, 3.63) is 22.0 Å². The summed E-state index contributed by atoms with van der Waals surface area (Å²) >= 11 is 0. The molecule has 5 heteroatoms. The molecule has 0 atom stereocenters. The lowest BCUT2D eigenvalue weighted by Crippen LogP contribution is -2.12. The Morgan fingerprint density at radius 3 is 3.00 bits per heavy atom. The Kier molecular flexibility index (Phi) is 1.38. The summed E-state index contributed by atoms with van der Waals surface area (Å²) in [6.45, 7) is 0. The topological polar surface area (TPSA) is 95.6 Å². The molecule has 0 aliphatic heterocycles. The highest BCUT2D eigenvalue weighted by Crippen LogP contribution is 1.91. The van der Waals surface area contributed by atoms with E-state index in [4.69, 9.17) is 11.0 Å². The molecule has 1 aromatic heterocycles. The fourth-order valence-electron chi connectivity index (χ4n) is 0.504. The third-order valence-electron chi connectivity index (χ3n) is 0.944. The number of nitrogens with zero attached hydrogens (tertiary/aromatic N) is 2. The van der Waals surface area contributed by atoms with Gasteiger partial charge in [0, 0.05) is 6.07 Å². The van der Waals surface area contributed by atoms with E-state index in [9.17, 15) is 4.79 Å². The van der Waals surface area contributed by atoms with E-state index in [-0.39, 0.29) is 11.4 Å². The van der Waals surface area contributed by atoms with Gasteiger partial charge in [0.1, 0.15) is 17.5 Å². The van der Waals surface area contributed by atoms with Gasteiger partial charge in [0.15, 0.2) is 0 Å². The van der Waals surface area contributed by atoms with Crippen LogP contribution in [-0.4, -0.2) is 10.2 Å². The molecule has 0 unspecified atom stereocenters. The van der Waals surface area contributed by atoms with E-state index in [2.05, 4.69) is 10.2 Å². The van der Waals surface area contributed by atoms with Crippen LogP contribution in [0.15, 0.2) is 10.9 Å². The first kappa shape index (κ1) is 6.29. The SMILES string of the molecule is N#Cc1cc(N)n[nH]c1=O. The molecule has 0 saturated heterocycles. The molecule has 0 amide bonds. The summed E-state index contributed by atoms with van der Waals surface area (Å²) in [5.41, 5.74) is 4.63. The fourth-order valence-corrected chi connectivity index (χ4v) is 0.504. The van der Waals surface area contributed by atoms with Crippen molar-refractivity contribution in [2.24, 2.45) is 0 Å². The molecule has 3 N–H and O–H groups in total. The van der Waals surface area contributed by atoms with Gasteiger partial charge in [-0.05, 0) is 0 Å². The van der Waals surface area contributed by atoms with Gasteiger partial charge in [0.25, 0.3) is 5.56 Å². The lowest BCUT2D eigenvalue weighted by Gasteiger charge is -1.88. The maximum absolute atomic E-state index is 10.6. The second-order valence-electron chi connectivity index (χ2n) is 1.65. The molecule has 0 spiro atoms. The average Bonchev–Trinajstić information content (AvgIpc) is 1.94. The molecule has 0 aromatic carbocycles. The van der Waals surface area contributed by atoms with Crippen molar-refractivity contribution in [3.8, 4) is 6.07 Å². The van der Waals surface area contributed by atoms with Crippen molar-refractivity contribution < 1.29 is 0 Å². The standard InChI is InChI=1S/C5H4N4O/c6-2-3-1-4(7)8-9-5(3)10/h1H,(H2,7,8)(H,9,10). The van der Waals surface area contributed by atoms with E-state index in [1.165, 1.54) is 6.07 Å². The second kappa shape index (κ2) is 2.19. The molecule has 5 nitrogen and oxygen atoms in total. The maximum Gasteiger partial charge on any atom is 0.282 e.